The van der Waals surface area contributed by atoms with Gasteiger partial charge in [0.1, 0.15) is 11.5 Å². The van der Waals surface area contributed by atoms with Crippen LogP contribution >= 0.6 is 12.2 Å². The number of phenols is 1. The van der Waals surface area contributed by atoms with E-state index in [9.17, 15) is 13.5 Å². The van der Waals surface area contributed by atoms with Crippen LogP contribution in [-0.4, -0.2) is 70.0 Å². The van der Waals surface area contributed by atoms with E-state index >= 15 is 0 Å². The fourth-order valence-corrected chi connectivity index (χ4v) is 4.34. The number of methoxy groups -OCH3 is 1. The highest BCUT2D eigenvalue weighted by molar-refractivity contribution is 7.92. The zero-order valence-electron chi connectivity index (χ0n) is 17.1. The molecule has 11 heteroatoms. The molecule has 1 heterocycles. The number of ether oxygens (including phenoxy) is 2. The van der Waals surface area contributed by atoms with Gasteiger partial charge in [-0.2, -0.15) is 0 Å². The van der Waals surface area contributed by atoms with E-state index < -0.39 is 10.0 Å². The molecule has 2 aromatic rings. The van der Waals surface area contributed by atoms with Gasteiger partial charge >= 0.3 is 0 Å². The highest BCUT2D eigenvalue weighted by atomic mass is 32.2. The van der Waals surface area contributed by atoms with Crippen molar-refractivity contribution in [2.24, 2.45) is 0 Å². The number of nitrogens with zero attached hydrogens (tertiary/aromatic N) is 1. The third kappa shape index (κ3) is 6.44. The van der Waals surface area contributed by atoms with Gasteiger partial charge in [0.05, 0.1) is 36.6 Å². The van der Waals surface area contributed by atoms with Crippen molar-refractivity contribution < 1.29 is 23.0 Å². The lowest BCUT2D eigenvalue weighted by Crippen LogP contribution is -2.42. The Morgan fingerprint density at radius 1 is 1.19 bits per heavy atom. The Hall–Kier alpha value is -2.60. The van der Waals surface area contributed by atoms with Gasteiger partial charge in [-0.25, -0.2) is 8.42 Å². The van der Waals surface area contributed by atoms with E-state index in [1.807, 2.05) is 0 Å². The quantitative estimate of drug-likeness (QED) is 0.342. The molecular formula is C20H26N4O5S2. The summed E-state index contributed by atoms with van der Waals surface area (Å²) in [7, 11) is -2.45. The zero-order valence-corrected chi connectivity index (χ0v) is 18.8. The van der Waals surface area contributed by atoms with Crippen LogP contribution in [0.15, 0.2) is 47.4 Å². The molecule has 0 aromatic heterocycles. The van der Waals surface area contributed by atoms with E-state index in [1.165, 1.54) is 25.3 Å². The number of nitrogens with one attached hydrogen (secondary N) is 3. The molecule has 0 spiro atoms. The van der Waals surface area contributed by atoms with Gasteiger partial charge in [-0.15, -0.1) is 0 Å². The van der Waals surface area contributed by atoms with Crippen LogP contribution in [-0.2, 0) is 14.8 Å². The second-order valence-electron chi connectivity index (χ2n) is 6.82. The summed E-state index contributed by atoms with van der Waals surface area (Å²) in [5, 5.41) is 16.4. The van der Waals surface area contributed by atoms with Crippen molar-refractivity contribution in [3.05, 3.63) is 42.5 Å². The summed E-state index contributed by atoms with van der Waals surface area (Å²) < 4.78 is 38.7. The minimum atomic E-state index is -3.92. The molecule has 0 radical (unpaired) electrons. The molecule has 0 bridgehead atoms. The predicted molar refractivity (Wildman–Crippen MR) is 123 cm³/mol. The molecule has 0 aliphatic carbocycles. The number of anilines is 2. The molecule has 1 fully saturated rings. The van der Waals surface area contributed by atoms with Crippen LogP contribution in [0.2, 0.25) is 0 Å². The summed E-state index contributed by atoms with van der Waals surface area (Å²) in [5.74, 6) is 0.280. The normalized spacial score (nSPS) is 14.6. The minimum absolute atomic E-state index is 0.0326. The van der Waals surface area contributed by atoms with Gasteiger partial charge in [0.2, 0.25) is 0 Å². The number of phenolic OH excluding ortho intramolecular Hbond substituents is 1. The number of morpholine rings is 1. The first kappa shape index (κ1) is 23.1. The van der Waals surface area contributed by atoms with Gasteiger partial charge in [-0.05, 0) is 42.5 Å². The number of para-hydroxylation sites is 2. The van der Waals surface area contributed by atoms with Crippen molar-refractivity contribution in [2.45, 2.75) is 4.90 Å². The predicted octanol–water partition coefficient (Wildman–Crippen LogP) is 1.82. The first-order valence-corrected chi connectivity index (χ1v) is 11.6. The maximum Gasteiger partial charge on any atom is 0.262 e. The Bertz CT molecular complexity index is 1010. The molecule has 3 rings (SSSR count). The molecule has 2 aromatic carbocycles. The van der Waals surface area contributed by atoms with Crippen LogP contribution in [0.4, 0.5) is 11.4 Å². The van der Waals surface area contributed by atoms with Crippen molar-refractivity contribution >= 4 is 38.7 Å². The zero-order chi connectivity index (χ0) is 22.3. The van der Waals surface area contributed by atoms with E-state index in [4.69, 9.17) is 21.7 Å². The van der Waals surface area contributed by atoms with E-state index in [-0.39, 0.29) is 21.4 Å². The van der Waals surface area contributed by atoms with Gasteiger partial charge in [0.15, 0.2) is 5.11 Å². The second-order valence-corrected chi connectivity index (χ2v) is 8.91. The first-order chi connectivity index (χ1) is 14.9. The molecule has 168 valence electrons. The smallest absolute Gasteiger partial charge is 0.262 e. The van der Waals surface area contributed by atoms with Gasteiger partial charge < -0.3 is 25.2 Å². The number of aromatic hydroxyl groups is 1. The van der Waals surface area contributed by atoms with E-state index in [2.05, 4.69) is 20.3 Å². The monoisotopic (exact) mass is 466 g/mol. The van der Waals surface area contributed by atoms with Crippen LogP contribution in [0.25, 0.3) is 0 Å². The van der Waals surface area contributed by atoms with Crippen LogP contribution in [0, 0.1) is 0 Å². The summed E-state index contributed by atoms with van der Waals surface area (Å²) in [6.45, 7) is 4.61. The SMILES string of the molecule is COc1ccccc1NS(=O)(=O)c1ccc(O)c(NC(=S)NCCN2CCOCC2)c1. The Labute approximate surface area is 187 Å². The summed E-state index contributed by atoms with van der Waals surface area (Å²) in [6, 6.07) is 10.6. The van der Waals surface area contributed by atoms with Gasteiger partial charge in [-0.1, -0.05) is 12.1 Å². The van der Waals surface area contributed by atoms with Gasteiger partial charge in [-0.3, -0.25) is 9.62 Å². The molecule has 0 amide bonds. The summed E-state index contributed by atoms with van der Waals surface area (Å²) in [5.41, 5.74) is 0.500. The number of hydrogen-bond acceptors (Lipinski definition) is 7. The highest BCUT2D eigenvalue weighted by Crippen LogP contribution is 2.30. The largest absolute Gasteiger partial charge is 0.506 e. The van der Waals surface area contributed by atoms with Crippen molar-refractivity contribution in [3.8, 4) is 11.5 Å². The highest BCUT2D eigenvalue weighted by Gasteiger charge is 2.18. The molecule has 0 saturated carbocycles. The number of benzene rings is 2. The fraction of sp³-hybridized carbons (Fsp3) is 0.350. The van der Waals surface area contributed by atoms with Gasteiger partial charge in [0.25, 0.3) is 10.0 Å². The molecule has 9 nitrogen and oxygen atoms in total. The van der Waals surface area contributed by atoms with Crippen LogP contribution < -0.4 is 20.1 Å². The van der Waals surface area contributed by atoms with Crippen LogP contribution in [0.1, 0.15) is 0 Å². The Morgan fingerprint density at radius 2 is 1.94 bits per heavy atom. The van der Waals surface area contributed by atoms with Crippen LogP contribution in [0.3, 0.4) is 0 Å². The second kappa shape index (κ2) is 10.6. The first-order valence-electron chi connectivity index (χ1n) is 9.73. The third-order valence-corrected chi connectivity index (χ3v) is 6.30. The average molecular weight is 467 g/mol. The van der Waals surface area contributed by atoms with E-state index in [1.54, 1.807) is 24.3 Å². The Balaban J connectivity index is 1.64. The molecule has 0 atom stereocenters. The summed E-state index contributed by atoms with van der Waals surface area (Å²) in [6.07, 6.45) is 0. The fourth-order valence-electron chi connectivity index (χ4n) is 3.03. The van der Waals surface area contributed by atoms with Crippen molar-refractivity contribution in [1.29, 1.82) is 0 Å². The number of hydrogen-bond donors (Lipinski definition) is 4. The molecule has 0 unspecified atom stereocenters. The van der Waals surface area contributed by atoms with Crippen molar-refractivity contribution in [3.63, 3.8) is 0 Å². The summed E-state index contributed by atoms with van der Waals surface area (Å²) >= 11 is 5.28. The Kier molecular flexibility index (Phi) is 7.91. The molecule has 4 N–H and O–H groups in total. The maximum absolute atomic E-state index is 12.8. The van der Waals surface area contributed by atoms with Crippen molar-refractivity contribution in [2.75, 3.05) is 56.5 Å². The molecule has 1 saturated heterocycles. The standard InChI is InChI=1S/C20H26N4O5S2/c1-28-19-5-3-2-4-16(19)23-31(26,27)15-6-7-18(25)17(14-15)22-20(30)21-8-9-24-10-12-29-13-11-24/h2-7,14,23,25H,8-13H2,1H3,(H2,21,22,30). The van der Waals surface area contributed by atoms with Crippen molar-refractivity contribution in [1.82, 2.24) is 10.2 Å². The topological polar surface area (TPSA) is 112 Å². The number of rotatable bonds is 8. The van der Waals surface area contributed by atoms with Gasteiger partial charge in [0, 0.05) is 26.2 Å². The molecular weight excluding hydrogens is 440 g/mol. The number of thiocarbonyl (C=S) groups is 1. The Morgan fingerprint density at radius 3 is 2.68 bits per heavy atom. The molecule has 31 heavy (non-hydrogen) atoms. The van der Waals surface area contributed by atoms with Crippen LogP contribution in [0.5, 0.6) is 11.5 Å². The maximum atomic E-state index is 12.8. The lowest BCUT2D eigenvalue weighted by Gasteiger charge is -2.26. The van der Waals surface area contributed by atoms with E-state index in [0.717, 1.165) is 32.8 Å². The van der Waals surface area contributed by atoms with E-state index in [0.29, 0.717) is 18.0 Å². The molecule has 1 aliphatic heterocycles. The summed E-state index contributed by atoms with van der Waals surface area (Å²) in [4.78, 5) is 2.22. The molecule has 1 aliphatic rings. The average Bonchev–Trinajstić information content (AvgIpc) is 2.76. The number of sulfonamides is 1. The lowest BCUT2D eigenvalue weighted by atomic mass is 10.3. The third-order valence-electron chi connectivity index (χ3n) is 4.70. The lowest BCUT2D eigenvalue weighted by molar-refractivity contribution is 0.0389. The minimum Gasteiger partial charge on any atom is -0.506 e.